The van der Waals surface area contributed by atoms with Crippen LogP contribution in [0.3, 0.4) is 0 Å². The predicted molar refractivity (Wildman–Crippen MR) is 88.8 cm³/mol. The lowest BCUT2D eigenvalue weighted by molar-refractivity contribution is 0.0465. The van der Waals surface area contributed by atoms with Crippen molar-refractivity contribution in [2.75, 3.05) is 0 Å². The molecule has 5 nitrogen and oxygen atoms in total. The van der Waals surface area contributed by atoms with Gasteiger partial charge in [0.25, 0.3) is 0 Å². The van der Waals surface area contributed by atoms with Gasteiger partial charge in [0.1, 0.15) is 29.6 Å². The zero-order valence-electron chi connectivity index (χ0n) is 13.5. The molecule has 0 bridgehead atoms. The summed E-state index contributed by atoms with van der Waals surface area (Å²) >= 11 is 0. The maximum absolute atomic E-state index is 13.0. The highest BCUT2D eigenvalue weighted by Gasteiger charge is 2.10. The highest BCUT2D eigenvalue weighted by atomic mass is 19.1. The molecule has 0 saturated heterocycles. The number of hydrogen-bond donors (Lipinski definition) is 0. The maximum Gasteiger partial charge on any atom is 0.357 e. The lowest BCUT2D eigenvalue weighted by Gasteiger charge is -2.07. The molecule has 6 heteroatoms. The van der Waals surface area contributed by atoms with Gasteiger partial charge in [-0.15, -0.1) is 0 Å². The summed E-state index contributed by atoms with van der Waals surface area (Å²) in [6.07, 6.45) is 3.96. The van der Waals surface area contributed by atoms with Crippen molar-refractivity contribution in [3.05, 3.63) is 83.7 Å². The number of esters is 1. The number of aryl methyl sites for hydroxylation is 1. The van der Waals surface area contributed by atoms with Crippen LogP contribution in [0.4, 0.5) is 4.39 Å². The molecule has 0 amide bonds. The number of benzene rings is 1. The van der Waals surface area contributed by atoms with E-state index in [1.54, 1.807) is 6.07 Å². The van der Waals surface area contributed by atoms with Gasteiger partial charge in [0, 0.05) is 11.8 Å². The molecule has 0 aliphatic carbocycles. The van der Waals surface area contributed by atoms with E-state index in [1.807, 2.05) is 31.2 Å². The minimum Gasteiger partial charge on any atom is -0.456 e. The minimum atomic E-state index is -0.605. The van der Waals surface area contributed by atoms with Crippen LogP contribution >= 0.6 is 0 Å². The fourth-order valence-electron chi connectivity index (χ4n) is 2.06. The quantitative estimate of drug-likeness (QED) is 0.656. The molecule has 0 radical (unpaired) electrons. The molecular formula is C19H15FN2O3. The first kappa shape index (κ1) is 16.6. The summed E-state index contributed by atoms with van der Waals surface area (Å²) in [4.78, 5) is 19.7. The first-order valence-corrected chi connectivity index (χ1v) is 7.57. The number of carbonyl (C=O) groups is 1. The van der Waals surface area contributed by atoms with Gasteiger partial charge in [-0.05, 0) is 37.3 Å². The van der Waals surface area contributed by atoms with E-state index >= 15 is 0 Å². The predicted octanol–water partition coefficient (Wildman–Crippen LogP) is 4.07. The fraction of sp³-hybridized carbons (Fsp3) is 0.105. The number of aromatic nitrogens is 2. The van der Waals surface area contributed by atoms with Crippen LogP contribution in [0.2, 0.25) is 0 Å². The van der Waals surface area contributed by atoms with Crippen LogP contribution in [0, 0.1) is 12.7 Å². The Balaban J connectivity index is 1.59. The van der Waals surface area contributed by atoms with Crippen LogP contribution in [0.1, 0.15) is 21.6 Å². The molecule has 0 spiro atoms. The third kappa shape index (κ3) is 4.60. The molecule has 126 valence electrons. The minimum absolute atomic E-state index is 0.0765. The average molecular weight is 338 g/mol. The van der Waals surface area contributed by atoms with Gasteiger partial charge in [-0.3, -0.25) is 4.98 Å². The molecule has 0 unspecified atom stereocenters. The van der Waals surface area contributed by atoms with Crippen LogP contribution in [0.15, 0.2) is 61.1 Å². The highest BCUT2D eigenvalue weighted by molar-refractivity contribution is 5.87. The molecule has 3 rings (SSSR count). The Morgan fingerprint density at radius 3 is 2.48 bits per heavy atom. The van der Waals surface area contributed by atoms with Gasteiger partial charge in [-0.2, -0.15) is 0 Å². The van der Waals surface area contributed by atoms with Crippen molar-refractivity contribution in [1.82, 2.24) is 9.97 Å². The van der Waals surface area contributed by atoms with Crippen molar-refractivity contribution < 1.29 is 18.7 Å². The van der Waals surface area contributed by atoms with Crippen molar-refractivity contribution in [2.24, 2.45) is 0 Å². The van der Waals surface area contributed by atoms with E-state index in [-0.39, 0.29) is 12.3 Å². The van der Waals surface area contributed by atoms with E-state index in [0.717, 1.165) is 11.8 Å². The number of ether oxygens (including phenoxy) is 2. The van der Waals surface area contributed by atoms with E-state index < -0.39 is 11.8 Å². The Bertz CT molecular complexity index is 865. The average Bonchev–Trinajstić information content (AvgIpc) is 2.62. The third-order valence-corrected chi connectivity index (χ3v) is 3.33. The van der Waals surface area contributed by atoms with Gasteiger partial charge >= 0.3 is 5.97 Å². The van der Waals surface area contributed by atoms with Crippen molar-refractivity contribution in [3.8, 4) is 11.5 Å². The number of halogens is 1. The lowest BCUT2D eigenvalue weighted by Crippen LogP contribution is -2.07. The molecule has 2 aromatic heterocycles. The molecule has 25 heavy (non-hydrogen) atoms. The first-order chi connectivity index (χ1) is 12.1. The second kappa shape index (κ2) is 7.53. The molecule has 2 heterocycles. The van der Waals surface area contributed by atoms with Crippen LogP contribution in [-0.4, -0.2) is 15.9 Å². The monoisotopic (exact) mass is 338 g/mol. The molecular weight excluding hydrogens is 323 g/mol. The molecule has 0 N–H and O–H groups in total. The topological polar surface area (TPSA) is 61.3 Å². The van der Waals surface area contributed by atoms with Gasteiger partial charge in [0.05, 0.1) is 12.4 Å². The van der Waals surface area contributed by atoms with Crippen LogP contribution in [-0.2, 0) is 11.3 Å². The summed E-state index contributed by atoms with van der Waals surface area (Å²) in [6, 6.07) is 12.0. The molecule has 0 saturated carbocycles. The summed E-state index contributed by atoms with van der Waals surface area (Å²) in [5.74, 6) is 0.103. The number of carbonyl (C=O) groups excluding carboxylic acids is 1. The van der Waals surface area contributed by atoms with Gasteiger partial charge < -0.3 is 9.47 Å². The SMILES string of the molecule is Cc1ccc(Oc2ccc(C(=O)OCc3cncc(F)c3)nc2)cc1. The molecule has 0 atom stereocenters. The molecule has 0 aliphatic heterocycles. The first-order valence-electron chi connectivity index (χ1n) is 7.57. The summed E-state index contributed by atoms with van der Waals surface area (Å²) < 4.78 is 23.8. The summed E-state index contributed by atoms with van der Waals surface area (Å²) in [7, 11) is 0. The van der Waals surface area contributed by atoms with E-state index in [4.69, 9.17) is 9.47 Å². The highest BCUT2D eigenvalue weighted by Crippen LogP contribution is 2.21. The van der Waals surface area contributed by atoms with Gasteiger partial charge in [0.15, 0.2) is 0 Å². The standard InChI is InChI=1S/C19H15FN2O3/c1-13-2-4-16(5-3-13)25-17-6-7-18(22-11-17)19(23)24-12-14-8-15(20)10-21-9-14/h2-11H,12H2,1H3. The Morgan fingerprint density at radius 1 is 1.04 bits per heavy atom. The number of hydrogen-bond acceptors (Lipinski definition) is 5. The smallest absolute Gasteiger partial charge is 0.357 e. The normalized spacial score (nSPS) is 10.3. The number of nitrogens with zero attached hydrogens (tertiary/aromatic N) is 2. The Morgan fingerprint density at radius 2 is 1.80 bits per heavy atom. The Kier molecular flexibility index (Phi) is 4.99. The van der Waals surface area contributed by atoms with Gasteiger partial charge in [-0.1, -0.05) is 17.7 Å². The maximum atomic E-state index is 13.0. The zero-order chi connectivity index (χ0) is 17.6. The fourth-order valence-corrected chi connectivity index (χ4v) is 2.06. The van der Waals surface area contributed by atoms with Crippen molar-refractivity contribution in [1.29, 1.82) is 0 Å². The largest absolute Gasteiger partial charge is 0.456 e. The number of rotatable bonds is 5. The Labute approximate surface area is 144 Å². The van der Waals surface area contributed by atoms with Crippen molar-refractivity contribution in [3.63, 3.8) is 0 Å². The summed E-state index contributed by atoms with van der Waals surface area (Å²) in [6.45, 7) is 1.92. The van der Waals surface area contributed by atoms with Crippen LogP contribution < -0.4 is 4.74 Å². The van der Waals surface area contributed by atoms with Gasteiger partial charge in [0.2, 0.25) is 0 Å². The van der Waals surface area contributed by atoms with E-state index in [2.05, 4.69) is 9.97 Å². The molecule has 0 aliphatic rings. The van der Waals surface area contributed by atoms with E-state index in [0.29, 0.717) is 17.1 Å². The molecule has 1 aromatic carbocycles. The number of pyridine rings is 2. The second-order valence-electron chi connectivity index (χ2n) is 5.38. The van der Waals surface area contributed by atoms with Crippen LogP contribution in [0.5, 0.6) is 11.5 Å². The van der Waals surface area contributed by atoms with Gasteiger partial charge in [-0.25, -0.2) is 14.2 Å². The van der Waals surface area contributed by atoms with Crippen molar-refractivity contribution in [2.45, 2.75) is 13.5 Å². The van der Waals surface area contributed by atoms with Crippen molar-refractivity contribution >= 4 is 5.97 Å². The Hall–Kier alpha value is -3.28. The lowest BCUT2D eigenvalue weighted by atomic mass is 10.2. The zero-order valence-corrected chi connectivity index (χ0v) is 13.5. The molecule has 3 aromatic rings. The third-order valence-electron chi connectivity index (χ3n) is 3.33. The van der Waals surface area contributed by atoms with E-state index in [9.17, 15) is 9.18 Å². The molecule has 0 fully saturated rings. The second-order valence-corrected chi connectivity index (χ2v) is 5.38. The van der Waals surface area contributed by atoms with Crippen LogP contribution in [0.25, 0.3) is 0 Å². The summed E-state index contributed by atoms with van der Waals surface area (Å²) in [5.41, 5.74) is 1.74. The van der Waals surface area contributed by atoms with E-state index in [1.165, 1.54) is 24.5 Å². The summed E-state index contributed by atoms with van der Waals surface area (Å²) in [5, 5.41) is 0.